The highest BCUT2D eigenvalue weighted by molar-refractivity contribution is 6.25. The normalized spacial score (nSPS) is 24.7. The van der Waals surface area contributed by atoms with E-state index in [9.17, 15) is 39.3 Å². The summed E-state index contributed by atoms with van der Waals surface area (Å²) in [5, 5.41) is 29.9. The molecule has 0 aromatic heterocycles. The van der Waals surface area contributed by atoms with Gasteiger partial charge in [-0.15, -0.1) is 0 Å². The number of amides is 2. The van der Waals surface area contributed by atoms with Gasteiger partial charge in [0.1, 0.15) is 28.6 Å². The number of hydrogen-bond acceptors (Lipinski definition) is 9. The minimum Gasteiger partial charge on any atom is -0.508 e. The smallest absolute Gasteiger partial charge is 0.339 e. The highest BCUT2D eigenvalue weighted by atomic mass is 16.5. The molecule has 0 bridgehead atoms. The largest absolute Gasteiger partial charge is 0.508 e. The number of benzene rings is 2. The van der Waals surface area contributed by atoms with Gasteiger partial charge < -0.3 is 24.8 Å². The Labute approximate surface area is 245 Å². The zero-order valence-electron chi connectivity index (χ0n) is 23.4. The van der Waals surface area contributed by atoms with Crippen LogP contribution in [-0.4, -0.2) is 58.9 Å². The van der Waals surface area contributed by atoms with Crippen LogP contribution in [0.4, 0.5) is 5.69 Å². The lowest BCUT2D eigenvalue weighted by Crippen LogP contribution is -2.40. The van der Waals surface area contributed by atoms with Crippen LogP contribution < -0.4 is 14.4 Å². The molecule has 3 N–H and O–H groups in total. The molecule has 1 aliphatic heterocycles. The first-order valence-electron chi connectivity index (χ1n) is 13.6. The Morgan fingerprint density at radius 2 is 1.63 bits per heavy atom. The monoisotopic (exact) mass is 585 g/mol. The molecule has 1 heterocycles. The molecule has 0 saturated carbocycles. The summed E-state index contributed by atoms with van der Waals surface area (Å²) in [5.41, 5.74) is 1.46. The maximum Gasteiger partial charge on any atom is 0.339 e. The molecular weight excluding hydrogens is 558 g/mol. The second kappa shape index (κ2) is 9.97. The highest BCUT2D eigenvalue weighted by Gasteiger charge is 2.57. The molecule has 2 aromatic rings. The van der Waals surface area contributed by atoms with E-state index in [0.29, 0.717) is 11.1 Å². The first-order valence-corrected chi connectivity index (χ1v) is 13.6. The number of anilines is 1. The van der Waals surface area contributed by atoms with Crippen LogP contribution >= 0.6 is 0 Å². The van der Waals surface area contributed by atoms with E-state index in [4.69, 9.17) is 9.47 Å². The molecule has 4 atom stereocenters. The molecule has 1 fully saturated rings. The van der Waals surface area contributed by atoms with Gasteiger partial charge in [0, 0.05) is 46.4 Å². The Morgan fingerprint density at radius 1 is 0.953 bits per heavy atom. The summed E-state index contributed by atoms with van der Waals surface area (Å²) in [6, 6.07) is 6.24. The number of aromatic carboxylic acids is 1. The molecule has 2 amide bonds. The number of carboxylic acid groups (broad SMARTS) is 1. The van der Waals surface area contributed by atoms with Crippen molar-refractivity contribution < 1.29 is 48.8 Å². The fraction of sp³-hybridized carbons (Fsp3) is 0.281. The third-order valence-electron chi connectivity index (χ3n) is 8.85. The van der Waals surface area contributed by atoms with Crippen LogP contribution in [0.1, 0.15) is 41.6 Å². The number of ketones is 2. The molecule has 11 nitrogen and oxygen atoms in total. The second-order valence-corrected chi connectivity index (χ2v) is 11.0. The lowest BCUT2D eigenvalue weighted by molar-refractivity contribution is -0.123. The van der Waals surface area contributed by atoms with Crippen molar-refractivity contribution in [1.29, 1.82) is 0 Å². The van der Waals surface area contributed by atoms with Crippen molar-refractivity contribution in [2.24, 2.45) is 17.8 Å². The van der Waals surface area contributed by atoms with Gasteiger partial charge in [-0.3, -0.25) is 19.2 Å². The number of rotatable bonds is 5. The molecule has 0 radical (unpaired) electrons. The lowest BCUT2D eigenvalue weighted by atomic mass is 9.59. The Hall–Kier alpha value is -5.19. The Morgan fingerprint density at radius 3 is 2.23 bits per heavy atom. The zero-order valence-corrected chi connectivity index (χ0v) is 23.4. The second-order valence-electron chi connectivity index (χ2n) is 11.0. The predicted octanol–water partition coefficient (Wildman–Crippen LogP) is 3.45. The summed E-state index contributed by atoms with van der Waals surface area (Å²) in [5.74, 6) is -6.60. The Balaban J connectivity index is 1.51. The number of nitrogens with zero attached hydrogens (tertiary/aromatic N) is 1. The number of phenols is 2. The Bertz CT molecular complexity index is 1740. The van der Waals surface area contributed by atoms with Gasteiger partial charge in [0.25, 0.3) is 0 Å². The fourth-order valence-electron chi connectivity index (χ4n) is 7.02. The topological polar surface area (TPSA) is 168 Å². The molecule has 2 aromatic carbocycles. The molecule has 43 heavy (non-hydrogen) atoms. The highest BCUT2D eigenvalue weighted by Crippen LogP contribution is 2.58. The van der Waals surface area contributed by atoms with Gasteiger partial charge in [0.05, 0.1) is 31.7 Å². The molecule has 0 spiro atoms. The quantitative estimate of drug-likeness (QED) is 0.269. The number of imide groups is 1. The average Bonchev–Trinajstić information content (AvgIpc) is 3.23. The van der Waals surface area contributed by atoms with Gasteiger partial charge in [-0.2, -0.15) is 0 Å². The van der Waals surface area contributed by atoms with Crippen LogP contribution in [0.25, 0.3) is 0 Å². The van der Waals surface area contributed by atoms with Crippen molar-refractivity contribution in [3.8, 4) is 23.0 Å². The van der Waals surface area contributed by atoms with E-state index >= 15 is 0 Å². The average molecular weight is 586 g/mol. The number of ether oxygens (including phenoxy) is 2. The molecule has 6 rings (SSSR count). The summed E-state index contributed by atoms with van der Waals surface area (Å²) in [7, 11) is 2.80. The van der Waals surface area contributed by atoms with Gasteiger partial charge in [-0.1, -0.05) is 11.6 Å². The summed E-state index contributed by atoms with van der Waals surface area (Å²) in [6.45, 7) is 1.55. The summed E-state index contributed by atoms with van der Waals surface area (Å²) >= 11 is 0. The number of hydrogen-bond donors (Lipinski definition) is 3. The standard InChI is InChI=1S/C32H27NO10/c1-13-8-22(36)26-20(29(13)37)12-19-16(27(26)28-23(42-2)10-15(34)11-24(28)43-3)6-7-18-25(19)31(39)33(30(18)38)14-4-5-17(32(40)41)21(35)9-14/h4-6,8-11,18-19,25,27,34-35H,7,12H2,1-3H3,(H,40,41). The van der Waals surface area contributed by atoms with Crippen LogP contribution in [0, 0.1) is 17.8 Å². The first-order chi connectivity index (χ1) is 20.5. The summed E-state index contributed by atoms with van der Waals surface area (Å²) < 4.78 is 11.2. The van der Waals surface area contributed by atoms with Crippen LogP contribution in [0.3, 0.4) is 0 Å². The first kappa shape index (κ1) is 28.0. The van der Waals surface area contributed by atoms with E-state index in [0.717, 1.165) is 17.0 Å². The van der Waals surface area contributed by atoms with Gasteiger partial charge in [-0.25, -0.2) is 9.69 Å². The van der Waals surface area contributed by atoms with Crippen molar-refractivity contribution >= 4 is 35.0 Å². The van der Waals surface area contributed by atoms with Gasteiger partial charge >= 0.3 is 5.97 Å². The van der Waals surface area contributed by atoms with E-state index in [1.54, 1.807) is 6.92 Å². The number of carboxylic acids is 1. The van der Waals surface area contributed by atoms with E-state index in [1.165, 1.54) is 38.5 Å². The number of fused-ring (bicyclic) bond motifs is 3. The van der Waals surface area contributed by atoms with Gasteiger partial charge in [0.2, 0.25) is 11.8 Å². The van der Waals surface area contributed by atoms with E-state index in [-0.39, 0.29) is 69.6 Å². The molecule has 4 unspecified atom stereocenters. The van der Waals surface area contributed by atoms with E-state index in [2.05, 4.69) is 0 Å². The third-order valence-corrected chi connectivity index (χ3v) is 8.85. The van der Waals surface area contributed by atoms with Crippen molar-refractivity contribution in [1.82, 2.24) is 0 Å². The number of carbonyl (C=O) groups excluding carboxylic acids is 4. The molecular formula is C32H27NO10. The van der Waals surface area contributed by atoms with E-state index < -0.39 is 47.2 Å². The minimum absolute atomic E-state index is 0.0327. The predicted molar refractivity (Wildman–Crippen MR) is 150 cm³/mol. The maximum absolute atomic E-state index is 14.1. The van der Waals surface area contributed by atoms with Crippen molar-refractivity contribution in [3.05, 3.63) is 75.9 Å². The SMILES string of the molecule is COc1cc(O)cc(OC)c1C1C2=CCC3C(=O)N(c4ccc(C(=O)O)c(O)c4)C(=O)C3C2CC2=C1C(=O)C=C(C)C2=O. The van der Waals surface area contributed by atoms with Crippen LogP contribution in [0.15, 0.2) is 64.8 Å². The van der Waals surface area contributed by atoms with Gasteiger partial charge in [0.15, 0.2) is 11.6 Å². The van der Waals surface area contributed by atoms with Crippen LogP contribution in [0.5, 0.6) is 23.0 Å². The maximum atomic E-state index is 14.1. The molecule has 1 saturated heterocycles. The molecule has 11 heteroatoms. The van der Waals surface area contributed by atoms with Crippen LogP contribution in [-0.2, 0) is 19.2 Å². The number of phenolic OH excluding ortho intramolecular Hbond substituents is 1. The van der Waals surface area contributed by atoms with Crippen molar-refractivity contribution in [2.45, 2.75) is 25.7 Å². The van der Waals surface area contributed by atoms with Crippen molar-refractivity contribution in [3.63, 3.8) is 0 Å². The van der Waals surface area contributed by atoms with Gasteiger partial charge in [-0.05, 0) is 43.9 Å². The van der Waals surface area contributed by atoms with Crippen molar-refractivity contribution in [2.75, 3.05) is 19.1 Å². The number of allylic oxidation sites excluding steroid dienone is 6. The Kier molecular flexibility index (Phi) is 6.48. The summed E-state index contributed by atoms with van der Waals surface area (Å²) in [6.07, 6.45) is 3.33. The molecule has 3 aliphatic carbocycles. The van der Waals surface area contributed by atoms with Crippen LogP contribution in [0.2, 0.25) is 0 Å². The number of carbonyl (C=O) groups is 5. The fourth-order valence-corrected chi connectivity index (χ4v) is 7.02. The molecule has 4 aliphatic rings. The number of methoxy groups -OCH3 is 2. The lowest BCUT2D eigenvalue weighted by Gasteiger charge is -2.42. The third kappa shape index (κ3) is 4.06. The number of aromatic hydroxyl groups is 2. The molecule has 220 valence electrons. The minimum atomic E-state index is -1.36. The van der Waals surface area contributed by atoms with E-state index in [1.807, 2.05) is 6.08 Å². The number of Topliss-reactive ketones (excluding diaryl/α,β-unsaturated/α-hetero) is 1. The summed E-state index contributed by atoms with van der Waals surface area (Å²) in [4.78, 5) is 67.2. The zero-order chi connectivity index (χ0) is 30.9.